The van der Waals surface area contributed by atoms with E-state index in [0.717, 1.165) is 55.5 Å². The number of carbonyl (C=O) groups is 1. The van der Waals surface area contributed by atoms with Gasteiger partial charge in [-0.05, 0) is 37.2 Å². The number of thiazole rings is 1. The van der Waals surface area contributed by atoms with E-state index in [2.05, 4.69) is 30.4 Å². The van der Waals surface area contributed by atoms with E-state index < -0.39 is 0 Å². The lowest BCUT2D eigenvalue weighted by Gasteiger charge is -2.26. The Kier molecular flexibility index (Phi) is 8.97. The first-order valence-corrected chi connectivity index (χ1v) is 14.2. The molecule has 0 radical (unpaired) electrons. The van der Waals surface area contributed by atoms with Crippen LogP contribution in [0.2, 0.25) is 0 Å². The topological polar surface area (TPSA) is 107 Å². The lowest BCUT2D eigenvalue weighted by atomic mass is 10.2. The number of hydrogen-bond acceptors (Lipinski definition) is 10. The lowest BCUT2D eigenvalue weighted by Crippen LogP contribution is -2.38. The Morgan fingerprint density at radius 3 is 2.87 bits per heavy atom. The molecule has 0 unspecified atom stereocenters. The number of thioether (sulfide) groups is 1. The minimum Gasteiger partial charge on any atom is -0.495 e. The van der Waals surface area contributed by atoms with Crippen LogP contribution in [-0.2, 0) is 10.5 Å². The zero-order valence-corrected chi connectivity index (χ0v) is 22.7. The van der Waals surface area contributed by atoms with E-state index in [9.17, 15) is 4.79 Å². The molecular formula is C26H29N7O3S2. The predicted molar refractivity (Wildman–Crippen MR) is 147 cm³/mol. The first kappa shape index (κ1) is 26.3. The van der Waals surface area contributed by atoms with E-state index in [4.69, 9.17) is 9.47 Å². The molecule has 5 rings (SSSR count). The number of methoxy groups -OCH3 is 1. The molecule has 1 fully saturated rings. The van der Waals surface area contributed by atoms with Crippen molar-refractivity contribution in [3.8, 4) is 22.8 Å². The Hall–Kier alpha value is -3.32. The molecule has 0 bridgehead atoms. The van der Waals surface area contributed by atoms with Gasteiger partial charge in [0.2, 0.25) is 0 Å². The maximum Gasteiger partial charge on any atom is 0.270 e. The zero-order valence-electron chi connectivity index (χ0n) is 21.1. The summed E-state index contributed by atoms with van der Waals surface area (Å²) < 4.78 is 13.0. The van der Waals surface area contributed by atoms with Crippen molar-refractivity contribution in [3.05, 3.63) is 64.9 Å². The molecule has 1 amide bonds. The highest BCUT2D eigenvalue weighted by Crippen LogP contribution is 2.33. The fourth-order valence-corrected chi connectivity index (χ4v) is 5.84. The summed E-state index contributed by atoms with van der Waals surface area (Å²) in [4.78, 5) is 23.8. The average molecular weight is 552 g/mol. The standard InChI is InChI=1S/C26H29N7O3S2/c1-35-22-8-3-2-7-21(22)33-24(19-6-4-9-27-16-19)30-31-26(33)38-18-23-29-20(17-37-23)25(34)28-10-5-11-32-12-14-36-15-13-32/h2-4,6-9,16-17H,5,10-15,18H2,1H3,(H,28,34). The summed E-state index contributed by atoms with van der Waals surface area (Å²) in [5.74, 6) is 1.79. The van der Waals surface area contributed by atoms with Crippen LogP contribution in [0.25, 0.3) is 17.1 Å². The Balaban J connectivity index is 1.24. The molecule has 12 heteroatoms. The molecule has 0 spiro atoms. The van der Waals surface area contributed by atoms with Gasteiger partial charge in [-0.1, -0.05) is 23.9 Å². The summed E-state index contributed by atoms with van der Waals surface area (Å²) in [5, 5.41) is 15.3. The number of nitrogens with zero attached hydrogens (tertiary/aromatic N) is 6. The molecule has 3 aromatic heterocycles. The quantitative estimate of drug-likeness (QED) is 0.221. The van der Waals surface area contributed by atoms with Crippen molar-refractivity contribution in [1.82, 2.24) is 34.9 Å². The van der Waals surface area contributed by atoms with Gasteiger partial charge in [-0.15, -0.1) is 21.5 Å². The smallest absolute Gasteiger partial charge is 0.270 e. The summed E-state index contributed by atoms with van der Waals surface area (Å²) in [6.07, 6.45) is 4.39. The van der Waals surface area contributed by atoms with Gasteiger partial charge in [-0.25, -0.2) is 4.98 Å². The largest absolute Gasteiger partial charge is 0.495 e. The molecule has 1 saturated heterocycles. The summed E-state index contributed by atoms with van der Waals surface area (Å²) in [7, 11) is 1.64. The number of ether oxygens (including phenoxy) is 2. The van der Waals surface area contributed by atoms with Crippen LogP contribution in [0.5, 0.6) is 5.75 Å². The van der Waals surface area contributed by atoms with Crippen LogP contribution < -0.4 is 10.1 Å². The van der Waals surface area contributed by atoms with Gasteiger partial charge in [0, 0.05) is 43.0 Å². The van der Waals surface area contributed by atoms with E-state index in [1.165, 1.54) is 23.1 Å². The first-order chi connectivity index (χ1) is 18.7. The van der Waals surface area contributed by atoms with Gasteiger partial charge in [-0.2, -0.15) is 0 Å². The van der Waals surface area contributed by atoms with Crippen LogP contribution >= 0.6 is 23.1 Å². The van der Waals surface area contributed by atoms with Crippen LogP contribution in [0.3, 0.4) is 0 Å². The van der Waals surface area contributed by atoms with E-state index in [-0.39, 0.29) is 5.91 Å². The molecule has 0 atom stereocenters. The molecule has 1 aromatic carbocycles. The molecule has 1 aliphatic heterocycles. The van der Waals surface area contributed by atoms with E-state index in [1.807, 2.05) is 41.0 Å². The fraction of sp³-hybridized carbons (Fsp3) is 0.346. The highest BCUT2D eigenvalue weighted by atomic mass is 32.2. The Bertz CT molecular complexity index is 1340. The zero-order chi connectivity index (χ0) is 26.2. The number of amides is 1. The average Bonchev–Trinajstić information content (AvgIpc) is 3.62. The van der Waals surface area contributed by atoms with E-state index >= 15 is 0 Å². The van der Waals surface area contributed by atoms with Gasteiger partial charge in [0.1, 0.15) is 16.5 Å². The first-order valence-electron chi connectivity index (χ1n) is 12.4. The van der Waals surface area contributed by atoms with Gasteiger partial charge in [0.25, 0.3) is 5.91 Å². The van der Waals surface area contributed by atoms with Gasteiger partial charge in [-0.3, -0.25) is 19.2 Å². The van der Waals surface area contributed by atoms with Crippen LogP contribution in [0, 0.1) is 0 Å². The number of morpholine rings is 1. The van der Waals surface area contributed by atoms with Crippen molar-refractivity contribution >= 4 is 29.0 Å². The second-order valence-electron chi connectivity index (χ2n) is 8.53. The summed E-state index contributed by atoms with van der Waals surface area (Å²) in [6.45, 7) is 5.05. The van der Waals surface area contributed by atoms with Crippen molar-refractivity contribution in [2.45, 2.75) is 17.3 Å². The molecule has 38 heavy (non-hydrogen) atoms. The van der Waals surface area contributed by atoms with Gasteiger partial charge < -0.3 is 14.8 Å². The molecule has 198 valence electrons. The van der Waals surface area contributed by atoms with Crippen LogP contribution in [-0.4, -0.2) is 82.0 Å². The molecule has 1 aliphatic rings. The number of rotatable bonds is 11. The van der Waals surface area contributed by atoms with Crippen molar-refractivity contribution in [3.63, 3.8) is 0 Å². The molecular weight excluding hydrogens is 522 g/mol. The number of pyridine rings is 1. The van der Waals surface area contributed by atoms with Crippen molar-refractivity contribution in [1.29, 1.82) is 0 Å². The number of carbonyl (C=O) groups excluding carboxylic acids is 1. The Morgan fingerprint density at radius 1 is 1.18 bits per heavy atom. The molecule has 1 N–H and O–H groups in total. The Morgan fingerprint density at radius 2 is 2.05 bits per heavy atom. The number of para-hydroxylation sites is 2. The normalized spacial score (nSPS) is 13.9. The highest BCUT2D eigenvalue weighted by molar-refractivity contribution is 7.98. The van der Waals surface area contributed by atoms with Crippen molar-refractivity contribution < 1.29 is 14.3 Å². The minimum absolute atomic E-state index is 0.143. The molecule has 4 aromatic rings. The second-order valence-corrected chi connectivity index (χ2v) is 10.4. The summed E-state index contributed by atoms with van der Waals surface area (Å²) in [5.41, 5.74) is 2.12. The van der Waals surface area contributed by atoms with E-state index in [0.29, 0.717) is 34.7 Å². The summed E-state index contributed by atoms with van der Waals surface area (Å²) >= 11 is 2.97. The third kappa shape index (κ3) is 6.38. The van der Waals surface area contributed by atoms with Crippen molar-refractivity contribution in [2.75, 3.05) is 46.5 Å². The van der Waals surface area contributed by atoms with Crippen molar-refractivity contribution in [2.24, 2.45) is 0 Å². The maximum atomic E-state index is 12.6. The molecule has 0 aliphatic carbocycles. The van der Waals surface area contributed by atoms with Crippen LogP contribution in [0.15, 0.2) is 59.3 Å². The third-order valence-electron chi connectivity index (χ3n) is 6.03. The number of benzene rings is 1. The predicted octanol–water partition coefficient (Wildman–Crippen LogP) is 3.54. The monoisotopic (exact) mass is 551 g/mol. The molecule has 10 nitrogen and oxygen atoms in total. The van der Waals surface area contributed by atoms with Crippen LogP contribution in [0.1, 0.15) is 21.9 Å². The fourth-order valence-electron chi connectivity index (χ4n) is 4.10. The lowest BCUT2D eigenvalue weighted by molar-refractivity contribution is 0.0374. The van der Waals surface area contributed by atoms with E-state index in [1.54, 1.807) is 24.9 Å². The highest BCUT2D eigenvalue weighted by Gasteiger charge is 2.20. The second kappa shape index (κ2) is 13.0. The van der Waals surface area contributed by atoms with Crippen LogP contribution in [0.4, 0.5) is 0 Å². The SMILES string of the molecule is COc1ccccc1-n1c(SCc2nc(C(=O)NCCCN3CCOCC3)cs2)nnc1-c1cccnc1. The minimum atomic E-state index is -0.143. The van der Waals surface area contributed by atoms with Gasteiger partial charge in [0.05, 0.1) is 31.8 Å². The molecule has 0 saturated carbocycles. The van der Waals surface area contributed by atoms with Gasteiger partial charge >= 0.3 is 0 Å². The van der Waals surface area contributed by atoms with Gasteiger partial charge in [0.15, 0.2) is 11.0 Å². The summed E-state index contributed by atoms with van der Waals surface area (Å²) in [6, 6.07) is 11.6. The Labute approximate surface area is 229 Å². The number of hydrogen-bond donors (Lipinski definition) is 1. The third-order valence-corrected chi connectivity index (χ3v) is 8.00. The molecule has 4 heterocycles. The number of nitrogens with one attached hydrogen (secondary N) is 1. The maximum absolute atomic E-state index is 12.6. The number of aromatic nitrogens is 5.